The molecular weight excluding hydrogens is 803 g/mol. The van der Waals surface area contributed by atoms with Gasteiger partial charge in [-0.3, -0.25) is 0 Å². The maximum Gasteiger partial charge on any atom is 0.145 e. The van der Waals surface area contributed by atoms with Crippen LogP contribution in [-0.2, 0) is 10.8 Å². The first kappa shape index (κ1) is 36.1. The van der Waals surface area contributed by atoms with Gasteiger partial charge in [0.2, 0.25) is 0 Å². The van der Waals surface area contributed by atoms with Gasteiger partial charge < -0.3 is 8.82 Å². The summed E-state index contributed by atoms with van der Waals surface area (Å²) in [6, 6.07) is 36.1. The molecule has 0 amide bonds. The van der Waals surface area contributed by atoms with Crippen molar-refractivity contribution in [2.45, 2.75) is 137 Å². The van der Waals surface area contributed by atoms with E-state index < -0.39 is 0 Å². The molecule has 4 fully saturated rings. The Morgan fingerprint density at radius 2 is 1.08 bits per heavy atom. The van der Waals surface area contributed by atoms with E-state index in [4.69, 9.17) is 4.42 Å². The molecule has 19 rings (SSSR count). The quantitative estimate of drug-likeness (QED) is 0.153. The van der Waals surface area contributed by atoms with E-state index in [1.54, 1.807) is 11.1 Å². The van der Waals surface area contributed by atoms with Gasteiger partial charge >= 0.3 is 0 Å². The van der Waals surface area contributed by atoms with Crippen LogP contribution in [0.15, 0.2) is 83.3 Å². The van der Waals surface area contributed by atoms with Gasteiger partial charge in [-0.1, -0.05) is 87.1 Å². The second-order valence-electron chi connectivity index (χ2n) is 23.2. The SMILES string of the molecule is N#Cc1cc2c(c3c1C1c4ccccc4C3c3ccccc31)c1cc3c4cc5c(cc4oc3c3c4c6c(c(C#N)cc4n2c13)C1(CCCCC1)CC61CCCCC1)C1CC2CC(C1)CC5C2. The Hall–Kier alpha value is -6.10. The molecule has 6 bridgehead atoms. The van der Waals surface area contributed by atoms with Gasteiger partial charge in [0.15, 0.2) is 0 Å². The van der Waals surface area contributed by atoms with Gasteiger partial charge in [-0.15, -0.1) is 0 Å². The highest BCUT2D eigenvalue weighted by atomic mass is 16.3. The molecule has 4 saturated carbocycles. The second kappa shape index (κ2) is 12.1. The number of fused-ring (bicyclic) bond motifs is 14. The van der Waals surface area contributed by atoms with Crippen LogP contribution in [0, 0.1) is 34.5 Å². The van der Waals surface area contributed by atoms with E-state index in [9.17, 15) is 10.5 Å². The summed E-state index contributed by atoms with van der Waals surface area (Å²) in [4.78, 5) is 0. The fourth-order valence-corrected chi connectivity index (χ4v) is 18.4. The Kier molecular flexibility index (Phi) is 6.60. The van der Waals surface area contributed by atoms with Crippen molar-refractivity contribution in [2.24, 2.45) is 11.8 Å². The predicted octanol–water partition coefficient (Wildman–Crippen LogP) is 15.7. The van der Waals surface area contributed by atoms with Crippen molar-refractivity contribution in [3.63, 3.8) is 0 Å². The average molecular weight is 854 g/mol. The van der Waals surface area contributed by atoms with E-state index in [0.717, 1.165) is 45.2 Å². The van der Waals surface area contributed by atoms with E-state index in [1.807, 2.05) is 0 Å². The van der Waals surface area contributed by atoms with Gasteiger partial charge in [0.1, 0.15) is 11.2 Å². The lowest BCUT2D eigenvalue weighted by atomic mass is 9.59. The van der Waals surface area contributed by atoms with Crippen LogP contribution in [0.25, 0.3) is 60.0 Å². The molecule has 6 aromatic carbocycles. The van der Waals surface area contributed by atoms with Crippen LogP contribution in [0.4, 0.5) is 0 Å². The van der Waals surface area contributed by atoms with Gasteiger partial charge in [-0.05, 0) is 185 Å². The van der Waals surface area contributed by atoms with E-state index in [2.05, 4.69) is 95.4 Å². The molecule has 2 unspecified atom stereocenters. The van der Waals surface area contributed by atoms with E-state index in [0.29, 0.717) is 11.8 Å². The molecule has 9 aromatic rings. The Morgan fingerprint density at radius 3 is 1.70 bits per heavy atom. The van der Waals surface area contributed by atoms with Crippen molar-refractivity contribution >= 4 is 60.0 Å². The minimum atomic E-state index is -0.00429. The van der Waals surface area contributed by atoms with Crippen molar-refractivity contribution < 1.29 is 4.42 Å². The predicted molar refractivity (Wildman–Crippen MR) is 262 cm³/mol. The highest BCUT2D eigenvalue weighted by Gasteiger charge is 2.55. The summed E-state index contributed by atoms with van der Waals surface area (Å²) in [5.41, 5.74) is 21.3. The zero-order chi connectivity index (χ0) is 42.9. The lowest BCUT2D eigenvalue weighted by Crippen LogP contribution is -2.32. The van der Waals surface area contributed by atoms with Crippen LogP contribution in [0.3, 0.4) is 0 Å². The molecule has 66 heavy (non-hydrogen) atoms. The van der Waals surface area contributed by atoms with Gasteiger partial charge in [0, 0.05) is 38.8 Å². The number of furan rings is 1. The molecule has 2 spiro atoms. The number of rotatable bonds is 0. The van der Waals surface area contributed by atoms with Crippen molar-refractivity contribution in [1.29, 1.82) is 10.5 Å². The first-order valence-corrected chi connectivity index (χ1v) is 25.8. The number of aromatic nitrogens is 1. The third-order valence-corrected chi connectivity index (χ3v) is 20.3. The Bertz CT molecular complexity index is 3750. The summed E-state index contributed by atoms with van der Waals surface area (Å²) in [7, 11) is 0. The molecule has 0 N–H and O–H groups in total. The first-order valence-electron chi connectivity index (χ1n) is 25.8. The summed E-state index contributed by atoms with van der Waals surface area (Å²) < 4.78 is 10.1. The lowest BCUT2D eigenvalue weighted by molar-refractivity contribution is 0.166. The van der Waals surface area contributed by atoms with Gasteiger partial charge in [0.25, 0.3) is 0 Å². The standard InChI is InChI=1S/C62H51N3O/c63-29-36-24-47-53(55-50(36)51-38-11-3-5-13-40(38)52(55)41-14-6-4-12-39(41)51)46-27-45-44-26-42-34-20-32-19-33(21-34)23-35(22-32)43(42)28-49(44)66-60(45)56-54-48(65(47)59(46)56)25-37(30-64)57-58(54)62(17-9-2-10-18-62)31-61(57)15-7-1-8-16-61/h3-6,11-14,24-28,32-35,51-52H,1-2,7-10,15-23,31H2. The zero-order valence-electron chi connectivity index (χ0n) is 37.5. The van der Waals surface area contributed by atoms with Crippen LogP contribution in [0.1, 0.15) is 193 Å². The Labute approximate surface area is 384 Å². The lowest BCUT2D eigenvalue weighted by Gasteiger charge is -2.43. The Morgan fingerprint density at radius 1 is 0.515 bits per heavy atom. The van der Waals surface area contributed by atoms with Crippen LogP contribution >= 0.6 is 0 Å². The summed E-state index contributed by atoms with van der Waals surface area (Å²) in [5.74, 6) is 3.02. The van der Waals surface area contributed by atoms with Gasteiger partial charge in [-0.2, -0.15) is 10.5 Å². The normalized spacial score (nSPS) is 26.9. The molecule has 0 radical (unpaired) electrons. The van der Waals surface area contributed by atoms with Crippen LogP contribution in [0.5, 0.6) is 0 Å². The minimum Gasteiger partial charge on any atom is -0.455 e. The summed E-state index contributed by atoms with van der Waals surface area (Å²) in [6.45, 7) is 0. The number of nitrogens with zero attached hydrogens (tertiary/aromatic N) is 3. The van der Waals surface area contributed by atoms with Crippen molar-refractivity contribution in [2.75, 3.05) is 0 Å². The molecule has 4 nitrogen and oxygen atoms in total. The highest BCUT2D eigenvalue weighted by Crippen LogP contribution is 2.66. The molecule has 3 aromatic heterocycles. The fourth-order valence-electron chi connectivity index (χ4n) is 18.4. The van der Waals surface area contributed by atoms with Crippen molar-refractivity contribution in [1.82, 2.24) is 4.40 Å². The molecular formula is C62H51N3O. The third kappa shape index (κ3) is 4.10. The highest BCUT2D eigenvalue weighted by molar-refractivity contribution is 6.34. The molecule has 2 atom stereocenters. The zero-order valence-corrected chi connectivity index (χ0v) is 37.5. The smallest absolute Gasteiger partial charge is 0.145 e. The molecule has 4 heteroatoms. The first-order chi connectivity index (χ1) is 32.5. The third-order valence-electron chi connectivity index (χ3n) is 20.3. The summed E-state index contributed by atoms with van der Waals surface area (Å²) in [5, 5.41) is 30.5. The van der Waals surface area contributed by atoms with E-state index in [1.165, 1.54) is 185 Å². The maximum atomic E-state index is 11.5. The van der Waals surface area contributed by atoms with Crippen LogP contribution in [-0.4, -0.2) is 4.40 Å². The maximum absolute atomic E-state index is 11.5. The molecule has 10 aliphatic rings. The van der Waals surface area contributed by atoms with E-state index >= 15 is 0 Å². The molecule has 0 saturated heterocycles. The monoisotopic (exact) mass is 853 g/mol. The molecule has 10 aliphatic carbocycles. The van der Waals surface area contributed by atoms with E-state index in [-0.39, 0.29) is 22.7 Å². The summed E-state index contributed by atoms with van der Waals surface area (Å²) in [6.07, 6.45) is 20.3. The molecule has 3 heterocycles. The largest absolute Gasteiger partial charge is 0.455 e. The van der Waals surface area contributed by atoms with Crippen LogP contribution in [0.2, 0.25) is 0 Å². The average Bonchev–Trinajstić information content (AvgIpc) is 4.03. The van der Waals surface area contributed by atoms with Gasteiger partial charge in [-0.25, -0.2) is 0 Å². The number of hydrogen-bond donors (Lipinski definition) is 0. The number of benzene rings is 6. The second-order valence-corrected chi connectivity index (χ2v) is 23.2. The Balaban J connectivity index is 1.08. The molecule has 320 valence electrons. The summed E-state index contributed by atoms with van der Waals surface area (Å²) >= 11 is 0. The number of nitriles is 2. The van der Waals surface area contributed by atoms with Crippen molar-refractivity contribution in [3.8, 4) is 12.1 Å². The van der Waals surface area contributed by atoms with Crippen LogP contribution < -0.4 is 0 Å². The number of hydrogen-bond acceptors (Lipinski definition) is 3. The van der Waals surface area contributed by atoms with Crippen molar-refractivity contribution in [3.05, 3.63) is 146 Å². The minimum absolute atomic E-state index is 0.00429. The fraction of sp³-hybridized carbons (Fsp3) is 0.387. The topological polar surface area (TPSA) is 65.1 Å². The van der Waals surface area contributed by atoms with Gasteiger partial charge in [0.05, 0.1) is 45.2 Å². The molecule has 0 aliphatic heterocycles.